The summed E-state index contributed by atoms with van der Waals surface area (Å²) in [5, 5.41) is 15.3. The summed E-state index contributed by atoms with van der Waals surface area (Å²) in [6, 6.07) is 7.09. The minimum absolute atomic E-state index is 0.0507. The van der Waals surface area contributed by atoms with Gasteiger partial charge in [-0.2, -0.15) is 0 Å². The summed E-state index contributed by atoms with van der Waals surface area (Å²) in [4.78, 5) is 34.8. The molecule has 0 radical (unpaired) electrons. The van der Waals surface area contributed by atoms with Gasteiger partial charge in [-0.05, 0) is 30.5 Å². The number of hydrogen-bond donors (Lipinski definition) is 1. The minimum Gasteiger partial charge on any atom is -0.452 e. The van der Waals surface area contributed by atoms with Crippen LogP contribution in [-0.2, 0) is 9.53 Å². The molecule has 0 fully saturated rings. The first-order valence-corrected chi connectivity index (χ1v) is 8.08. The van der Waals surface area contributed by atoms with Crippen molar-refractivity contribution in [1.29, 1.82) is 0 Å². The normalized spacial score (nSPS) is 11.6. The number of nitro benzene ring substituents is 1. The van der Waals surface area contributed by atoms with Crippen molar-refractivity contribution in [1.82, 2.24) is 5.32 Å². The molecule has 0 spiro atoms. The van der Waals surface area contributed by atoms with E-state index in [0.717, 1.165) is 10.9 Å². The molecule has 1 amide bonds. The van der Waals surface area contributed by atoms with Crippen molar-refractivity contribution in [2.75, 3.05) is 6.61 Å². The predicted molar refractivity (Wildman–Crippen MR) is 89.3 cm³/mol. The topological polar surface area (TPSA) is 98.5 Å². The Morgan fingerprint density at radius 3 is 2.79 bits per heavy atom. The number of halogens is 1. The number of nitrogens with zero attached hydrogens (tertiary/aromatic N) is 1. The summed E-state index contributed by atoms with van der Waals surface area (Å²) in [6.07, 6.45) is 0. The van der Waals surface area contributed by atoms with Crippen LogP contribution in [-0.4, -0.2) is 23.4 Å². The summed E-state index contributed by atoms with van der Waals surface area (Å²) in [7, 11) is 0. The van der Waals surface area contributed by atoms with Crippen molar-refractivity contribution < 1.29 is 19.2 Å². The van der Waals surface area contributed by atoms with E-state index < -0.39 is 29.1 Å². The van der Waals surface area contributed by atoms with Crippen LogP contribution in [0.2, 0.25) is 5.02 Å². The number of esters is 1. The highest BCUT2D eigenvalue weighted by Gasteiger charge is 2.18. The standard InChI is InChI=1S/C15H13ClN2O5S/c1-9(13-3-2-6-24-13)17-14(19)8-23-15(20)10-4-5-11(16)12(7-10)18(21)22/h2-7,9H,8H2,1H3,(H,17,19)/t9-/m0/s1. The second kappa shape index (κ2) is 7.89. The molecule has 1 aromatic carbocycles. The molecule has 7 nitrogen and oxygen atoms in total. The number of rotatable bonds is 6. The van der Waals surface area contributed by atoms with E-state index in [1.54, 1.807) is 0 Å². The molecule has 1 heterocycles. The average molecular weight is 369 g/mol. The molecule has 0 saturated carbocycles. The molecule has 2 rings (SSSR count). The van der Waals surface area contributed by atoms with Crippen LogP contribution in [0.1, 0.15) is 28.2 Å². The van der Waals surface area contributed by atoms with Crippen molar-refractivity contribution in [3.8, 4) is 0 Å². The monoisotopic (exact) mass is 368 g/mol. The highest BCUT2D eigenvalue weighted by Crippen LogP contribution is 2.25. The zero-order chi connectivity index (χ0) is 17.7. The first-order chi connectivity index (χ1) is 11.4. The molecule has 126 valence electrons. The molecule has 1 atom stereocenters. The third-order valence-electron chi connectivity index (χ3n) is 3.06. The van der Waals surface area contributed by atoms with E-state index in [1.807, 2.05) is 24.4 Å². The second-order valence-corrected chi connectivity index (χ2v) is 6.19. The van der Waals surface area contributed by atoms with Gasteiger partial charge in [-0.1, -0.05) is 17.7 Å². The maximum atomic E-state index is 11.9. The van der Waals surface area contributed by atoms with Gasteiger partial charge in [-0.25, -0.2) is 4.79 Å². The van der Waals surface area contributed by atoms with Crippen molar-refractivity contribution in [3.63, 3.8) is 0 Å². The molecule has 0 bridgehead atoms. The smallest absolute Gasteiger partial charge is 0.338 e. The Labute approximate surface area is 146 Å². The van der Waals surface area contributed by atoms with Gasteiger partial charge in [-0.3, -0.25) is 14.9 Å². The SMILES string of the molecule is C[C@H](NC(=O)COC(=O)c1ccc(Cl)c([N+](=O)[O-])c1)c1cccs1. The van der Waals surface area contributed by atoms with Gasteiger partial charge in [0.05, 0.1) is 16.5 Å². The van der Waals surface area contributed by atoms with E-state index in [9.17, 15) is 19.7 Å². The molecule has 1 aromatic heterocycles. The van der Waals surface area contributed by atoms with Crippen LogP contribution in [0.3, 0.4) is 0 Å². The summed E-state index contributed by atoms with van der Waals surface area (Å²) >= 11 is 7.17. The van der Waals surface area contributed by atoms with E-state index in [-0.39, 0.29) is 16.6 Å². The molecule has 9 heteroatoms. The molecule has 0 aliphatic carbocycles. The maximum Gasteiger partial charge on any atom is 0.338 e. The van der Waals surface area contributed by atoms with Crippen molar-refractivity contribution in [2.45, 2.75) is 13.0 Å². The van der Waals surface area contributed by atoms with Crippen LogP contribution < -0.4 is 5.32 Å². The summed E-state index contributed by atoms with van der Waals surface area (Å²) in [6.45, 7) is 1.33. The van der Waals surface area contributed by atoms with Gasteiger partial charge in [0.25, 0.3) is 11.6 Å². The van der Waals surface area contributed by atoms with Gasteiger partial charge in [-0.15, -0.1) is 11.3 Å². The van der Waals surface area contributed by atoms with E-state index in [4.69, 9.17) is 16.3 Å². The summed E-state index contributed by atoms with van der Waals surface area (Å²) < 4.78 is 4.87. The Balaban J connectivity index is 1.92. The number of nitrogens with one attached hydrogen (secondary N) is 1. The number of carbonyl (C=O) groups is 2. The fourth-order valence-corrected chi connectivity index (χ4v) is 2.81. The highest BCUT2D eigenvalue weighted by molar-refractivity contribution is 7.10. The largest absolute Gasteiger partial charge is 0.452 e. The molecule has 0 saturated heterocycles. The molecule has 2 aromatic rings. The van der Waals surface area contributed by atoms with Crippen LogP contribution in [0.15, 0.2) is 35.7 Å². The van der Waals surface area contributed by atoms with Crippen LogP contribution in [0, 0.1) is 10.1 Å². The van der Waals surface area contributed by atoms with Gasteiger partial charge in [0.2, 0.25) is 0 Å². The van der Waals surface area contributed by atoms with E-state index in [1.165, 1.54) is 23.5 Å². The van der Waals surface area contributed by atoms with E-state index in [0.29, 0.717) is 0 Å². The Morgan fingerprint density at radius 2 is 2.17 bits per heavy atom. The first kappa shape index (κ1) is 17.9. The van der Waals surface area contributed by atoms with Crippen molar-refractivity contribution >= 4 is 40.5 Å². The lowest BCUT2D eigenvalue weighted by Crippen LogP contribution is -2.30. The fourth-order valence-electron chi connectivity index (χ4n) is 1.89. The Morgan fingerprint density at radius 1 is 1.42 bits per heavy atom. The molecule has 0 aliphatic heterocycles. The Kier molecular flexibility index (Phi) is 5.88. The third-order valence-corrected chi connectivity index (χ3v) is 4.43. The van der Waals surface area contributed by atoms with Gasteiger partial charge in [0, 0.05) is 10.9 Å². The number of carbonyl (C=O) groups excluding carboxylic acids is 2. The number of thiophene rings is 1. The Hall–Kier alpha value is -2.45. The Bertz CT molecular complexity index is 763. The van der Waals surface area contributed by atoms with Gasteiger partial charge in [0.1, 0.15) is 5.02 Å². The lowest BCUT2D eigenvalue weighted by molar-refractivity contribution is -0.384. The second-order valence-electron chi connectivity index (χ2n) is 4.80. The predicted octanol–water partition coefficient (Wildman–Crippen LogP) is 3.34. The lowest BCUT2D eigenvalue weighted by Gasteiger charge is -2.12. The number of amides is 1. The molecule has 24 heavy (non-hydrogen) atoms. The number of benzene rings is 1. The van der Waals surface area contributed by atoms with Crippen LogP contribution in [0.25, 0.3) is 0 Å². The van der Waals surface area contributed by atoms with Crippen molar-refractivity contribution in [2.24, 2.45) is 0 Å². The molecule has 0 unspecified atom stereocenters. The van der Waals surface area contributed by atoms with Gasteiger partial charge >= 0.3 is 5.97 Å². The molecular weight excluding hydrogens is 356 g/mol. The first-order valence-electron chi connectivity index (χ1n) is 6.82. The number of hydrogen-bond acceptors (Lipinski definition) is 6. The third kappa shape index (κ3) is 4.53. The van der Waals surface area contributed by atoms with E-state index >= 15 is 0 Å². The number of nitro groups is 1. The zero-order valence-corrected chi connectivity index (χ0v) is 14.1. The molecule has 1 N–H and O–H groups in total. The maximum absolute atomic E-state index is 11.9. The van der Waals surface area contributed by atoms with Crippen LogP contribution in [0.5, 0.6) is 0 Å². The summed E-state index contributed by atoms with van der Waals surface area (Å²) in [5.41, 5.74) is -0.452. The van der Waals surface area contributed by atoms with Crippen LogP contribution >= 0.6 is 22.9 Å². The molecular formula is C15H13ClN2O5S. The van der Waals surface area contributed by atoms with Crippen molar-refractivity contribution in [3.05, 3.63) is 61.3 Å². The highest BCUT2D eigenvalue weighted by atomic mass is 35.5. The van der Waals surface area contributed by atoms with Gasteiger partial charge < -0.3 is 10.1 Å². The quantitative estimate of drug-likeness (QED) is 0.479. The lowest BCUT2D eigenvalue weighted by atomic mass is 10.2. The summed E-state index contributed by atoms with van der Waals surface area (Å²) in [5.74, 6) is -1.30. The van der Waals surface area contributed by atoms with E-state index in [2.05, 4.69) is 5.32 Å². The average Bonchev–Trinajstić information content (AvgIpc) is 3.07. The number of ether oxygens (including phenoxy) is 1. The zero-order valence-electron chi connectivity index (χ0n) is 12.5. The van der Waals surface area contributed by atoms with Crippen LogP contribution in [0.4, 0.5) is 5.69 Å². The molecule has 0 aliphatic rings. The fraction of sp³-hybridized carbons (Fsp3) is 0.200. The van der Waals surface area contributed by atoms with Gasteiger partial charge in [0.15, 0.2) is 6.61 Å². The minimum atomic E-state index is -0.839.